The minimum atomic E-state index is -4.37. The van der Waals surface area contributed by atoms with E-state index in [2.05, 4.69) is 10.3 Å². The Morgan fingerprint density at radius 3 is 2.58 bits per heavy atom. The van der Waals surface area contributed by atoms with E-state index in [-0.39, 0.29) is 5.69 Å². The number of nitrogens with one attached hydrogen (secondary N) is 1. The average Bonchev–Trinajstić information content (AvgIpc) is 2.32. The van der Waals surface area contributed by atoms with Crippen molar-refractivity contribution in [2.45, 2.75) is 13.1 Å². The third-order valence-electron chi connectivity index (χ3n) is 2.51. The fourth-order valence-corrected chi connectivity index (χ4v) is 1.61. The van der Waals surface area contributed by atoms with Crippen LogP contribution in [0.15, 0.2) is 36.5 Å². The first-order chi connectivity index (χ1) is 8.86. The number of nitrogen functional groups attached to an aromatic ring is 1. The van der Waals surface area contributed by atoms with Crippen LogP contribution in [-0.2, 0) is 6.18 Å². The summed E-state index contributed by atoms with van der Waals surface area (Å²) in [5.74, 6) is 0.338. The van der Waals surface area contributed by atoms with E-state index in [4.69, 9.17) is 5.73 Å². The van der Waals surface area contributed by atoms with E-state index in [0.717, 1.165) is 17.7 Å². The molecular formula is C13H12F3N3. The zero-order valence-corrected chi connectivity index (χ0v) is 10.1. The molecule has 0 spiro atoms. The second-order valence-corrected chi connectivity index (χ2v) is 4.15. The topological polar surface area (TPSA) is 50.9 Å². The lowest BCUT2D eigenvalue weighted by Gasteiger charge is -2.11. The molecule has 3 nitrogen and oxygen atoms in total. The summed E-state index contributed by atoms with van der Waals surface area (Å²) in [4.78, 5) is 4.05. The Balaban J connectivity index is 2.29. The maximum Gasteiger partial charge on any atom is 0.416 e. The fourth-order valence-electron chi connectivity index (χ4n) is 1.61. The summed E-state index contributed by atoms with van der Waals surface area (Å²) in [6.45, 7) is 1.83. The van der Waals surface area contributed by atoms with Crippen molar-refractivity contribution in [3.05, 3.63) is 47.7 Å². The molecule has 0 aliphatic carbocycles. The van der Waals surface area contributed by atoms with Crippen LogP contribution in [0.5, 0.6) is 0 Å². The molecule has 1 heterocycles. The number of aromatic nitrogens is 1. The Hall–Kier alpha value is -2.24. The number of rotatable bonds is 2. The molecule has 0 atom stereocenters. The minimum absolute atomic E-state index is 0.290. The maximum absolute atomic E-state index is 12.6. The molecule has 0 bridgehead atoms. The molecule has 1 aromatic carbocycles. The van der Waals surface area contributed by atoms with E-state index in [9.17, 15) is 13.2 Å². The molecule has 0 saturated carbocycles. The van der Waals surface area contributed by atoms with E-state index in [1.165, 1.54) is 12.1 Å². The van der Waals surface area contributed by atoms with Crippen LogP contribution < -0.4 is 11.1 Å². The number of hydrogen-bond acceptors (Lipinski definition) is 3. The number of hydrogen-bond donors (Lipinski definition) is 2. The van der Waals surface area contributed by atoms with E-state index in [1.807, 2.05) is 6.92 Å². The summed E-state index contributed by atoms with van der Waals surface area (Å²) in [5, 5.41) is 2.78. The van der Waals surface area contributed by atoms with Crippen LogP contribution >= 0.6 is 0 Å². The lowest BCUT2D eigenvalue weighted by Crippen LogP contribution is -2.06. The largest absolute Gasteiger partial charge is 0.416 e. The Kier molecular flexibility index (Phi) is 3.33. The van der Waals surface area contributed by atoms with Crippen molar-refractivity contribution in [1.82, 2.24) is 4.98 Å². The van der Waals surface area contributed by atoms with Gasteiger partial charge in [-0.25, -0.2) is 4.98 Å². The van der Waals surface area contributed by atoms with Gasteiger partial charge in [-0.15, -0.1) is 0 Å². The number of aryl methyl sites for hydroxylation is 1. The summed E-state index contributed by atoms with van der Waals surface area (Å²) in [7, 11) is 0. The molecule has 2 rings (SSSR count). The van der Waals surface area contributed by atoms with Gasteiger partial charge in [0, 0.05) is 11.9 Å². The summed E-state index contributed by atoms with van der Waals surface area (Å²) < 4.78 is 37.7. The molecule has 19 heavy (non-hydrogen) atoms. The zero-order valence-electron chi connectivity index (χ0n) is 10.1. The summed E-state index contributed by atoms with van der Waals surface area (Å²) in [6.07, 6.45) is -2.78. The third kappa shape index (κ3) is 3.15. The molecule has 0 unspecified atom stereocenters. The van der Waals surface area contributed by atoms with Crippen LogP contribution in [0.25, 0.3) is 0 Å². The molecule has 3 N–H and O–H groups in total. The minimum Gasteiger partial charge on any atom is -0.396 e. The van der Waals surface area contributed by atoms with E-state index >= 15 is 0 Å². The molecule has 6 heteroatoms. The number of nitrogens with zero attached hydrogens (tertiary/aromatic N) is 1. The molecule has 100 valence electrons. The van der Waals surface area contributed by atoms with Crippen LogP contribution in [-0.4, -0.2) is 4.98 Å². The number of benzene rings is 1. The normalized spacial score (nSPS) is 11.4. The second-order valence-electron chi connectivity index (χ2n) is 4.15. The maximum atomic E-state index is 12.6. The Morgan fingerprint density at radius 2 is 1.95 bits per heavy atom. The van der Waals surface area contributed by atoms with Crippen LogP contribution in [0.2, 0.25) is 0 Å². The predicted molar refractivity (Wildman–Crippen MR) is 68.1 cm³/mol. The molecule has 0 fully saturated rings. The fraction of sp³-hybridized carbons (Fsp3) is 0.154. The van der Waals surface area contributed by atoms with Gasteiger partial charge in [-0.2, -0.15) is 13.2 Å². The summed E-state index contributed by atoms with van der Waals surface area (Å²) >= 11 is 0. The van der Waals surface area contributed by atoms with Gasteiger partial charge in [0.2, 0.25) is 0 Å². The quantitative estimate of drug-likeness (QED) is 0.871. The third-order valence-corrected chi connectivity index (χ3v) is 2.51. The molecular weight excluding hydrogens is 255 g/mol. The van der Waals surface area contributed by atoms with E-state index < -0.39 is 11.7 Å². The Morgan fingerprint density at radius 1 is 1.21 bits per heavy atom. The van der Waals surface area contributed by atoms with Gasteiger partial charge >= 0.3 is 6.18 Å². The van der Waals surface area contributed by atoms with Crippen molar-refractivity contribution in [2.24, 2.45) is 0 Å². The van der Waals surface area contributed by atoms with E-state index in [1.54, 1.807) is 12.3 Å². The summed E-state index contributed by atoms with van der Waals surface area (Å²) in [6, 6.07) is 6.58. The number of nitrogens with two attached hydrogens (primary N) is 1. The van der Waals surface area contributed by atoms with Gasteiger partial charge in [-0.05, 0) is 36.8 Å². The number of alkyl halides is 3. The van der Waals surface area contributed by atoms with Gasteiger partial charge in [0.25, 0.3) is 0 Å². The molecule has 0 saturated heterocycles. The van der Waals surface area contributed by atoms with Gasteiger partial charge in [0.15, 0.2) is 5.82 Å². The van der Waals surface area contributed by atoms with Gasteiger partial charge in [0.1, 0.15) is 0 Å². The Labute approximate surface area is 108 Å². The van der Waals surface area contributed by atoms with Crippen molar-refractivity contribution < 1.29 is 13.2 Å². The Bertz CT molecular complexity index is 594. The van der Waals surface area contributed by atoms with Crippen LogP contribution in [0, 0.1) is 6.92 Å². The standard InChI is InChI=1S/C13H12F3N3/c1-8-5-11(17)12(18-7-8)19-10-4-2-3-9(6-10)13(14,15)16/h2-7H,17H2,1H3,(H,18,19). The van der Waals surface area contributed by atoms with Crippen LogP contribution in [0.3, 0.4) is 0 Å². The average molecular weight is 267 g/mol. The molecule has 0 amide bonds. The number of anilines is 3. The van der Waals surface area contributed by atoms with Crippen molar-refractivity contribution in [2.75, 3.05) is 11.1 Å². The smallest absolute Gasteiger partial charge is 0.396 e. The highest BCUT2D eigenvalue weighted by Gasteiger charge is 2.30. The highest BCUT2D eigenvalue weighted by molar-refractivity contribution is 5.69. The van der Waals surface area contributed by atoms with Crippen molar-refractivity contribution in [3.8, 4) is 0 Å². The lowest BCUT2D eigenvalue weighted by molar-refractivity contribution is -0.137. The van der Waals surface area contributed by atoms with Gasteiger partial charge in [-0.3, -0.25) is 0 Å². The molecule has 1 aromatic heterocycles. The first kappa shape index (κ1) is 13.2. The summed E-state index contributed by atoms with van der Waals surface area (Å²) in [5.41, 5.74) is 6.58. The first-order valence-corrected chi connectivity index (χ1v) is 5.52. The monoisotopic (exact) mass is 267 g/mol. The predicted octanol–water partition coefficient (Wildman–Crippen LogP) is 3.73. The first-order valence-electron chi connectivity index (χ1n) is 5.52. The van der Waals surface area contributed by atoms with Gasteiger partial charge in [-0.1, -0.05) is 6.07 Å². The van der Waals surface area contributed by atoms with Gasteiger partial charge in [0.05, 0.1) is 11.3 Å². The molecule has 0 radical (unpaired) electrons. The zero-order chi connectivity index (χ0) is 14.0. The molecule has 0 aliphatic heterocycles. The van der Waals surface area contributed by atoms with Crippen molar-refractivity contribution in [1.29, 1.82) is 0 Å². The SMILES string of the molecule is Cc1cnc(Nc2cccc(C(F)(F)F)c2)c(N)c1. The van der Waals surface area contributed by atoms with Crippen molar-refractivity contribution >= 4 is 17.2 Å². The number of halogens is 3. The second kappa shape index (κ2) is 4.79. The highest BCUT2D eigenvalue weighted by atomic mass is 19.4. The van der Waals surface area contributed by atoms with E-state index in [0.29, 0.717) is 11.5 Å². The highest BCUT2D eigenvalue weighted by Crippen LogP contribution is 2.31. The van der Waals surface area contributed by atoms with Crippen LogP contribution in [0.1, 0.15) is 11.1 Å². The van der Waals surface area contributed by atoms with Gasteiger partial charge < -0.3 is 11.1 Å². The molecule has 0 aliphatic rings. The lowest BCUT2D eigenvalue weighted by atomic mass is 10.2. The molecule has 2 aromatic rings. The van der Waals surface area contributed by atoms with Crippen LogP contribution in [0.4, 0.5) is 30.4 Å². The number of pyridine rings is 1. The van der Waals surface area contributed by atoms with Crippen molar-refractivity contribution in [3.63, 3.8) is 0 Å².